The third kappa shape index (κ3) is 1.76. The van der Waals surface area contributed by atoms with Crippen LogP contribution in [0.15, 0.2) is 48.5 Å². The molecule has 1 aromatic heterocycles. The number of para-hydroxylation sites is 1. The Balaban J connectivity index is 2.39. The second kappa shape index (κ2) is 4.22. The Hall–Kier alpha value is -2.23. The maximum Gasteiger partial charge on any atom is 0.309 e. The van der Waals surface area contributed by atoms with E-state index < -0.39 is 6.08 Å². The molecule has 0 atom stereocenters. The van der Waals surface area contributed by atoms with Crippen LogP contribution in [-0.2, 0) is 0 Å². The molecule has 18 heavy (non-hydrogen) atoms. The number of hydrogen-bond donors (Lipinski definition) is 0. The van der Waals surface area contributed by atoms with Gasteiger partial charge in [-0.15, -0.1) is 0 Å². The molecule has 0 unspecified atom stereocenters. The van der Waals surface area contributed by atoms with Gasteiger partial charge in [-0.1, -0.05) is 47.9 Å². The van der Waals surface area contributed by atoms with Gasteiger partial charge in [0.05, 0.1) is 11.2 Å². The van der Waals surface area contributed by atoms with Gasteiger partial charge in [0.2, 0.25) is 0 Å². The molecule has 0 N–H and O–H groups in total. The van der Waals surface area contributed by atoms with Crippen LogP contribution in [0.3, 0.4) is 0 Å². The van der Waals surface area contributed by atoms with E-state index in [-0.39, 0.29) is 0 Å². The van der Waals surface area contributed by atoms with Gasteiger partial charge in [0.25, 0.3) is 0 Å². The maximum absolute atomic E-state index is 13.5. The summed E-state index contributed by atoms with van der Waals surface area (Å²) in [5.41, 5.74) is 3.29. The Morgan fingerprint density at radius 2 is 1.61 bits per heavy atom. The van der Waals surface area contributed by atoms with Gasteiger partial charge >= 0.3 is 6.08 Å². The minimum Gasteiger partial charge on any atom is -0.202 e. The predicted octanol–water partition coefficient (Wildman–Crippen LogP) is 1.69. The fraction of sp³-hybridized carbons (Fsp3) is 0. The van der Waals surface area contributed by atoms with Crippen LogP contribution in [0.2, 0.25) is 0 Å². The van der Waals surface area contributed by atoms with E-state index in [1.54, 1.807) is 6.07 Å². The van der Waals surface area contributed by atoms with Crippen LogP contribution in [0.5, 0.6) is 0 Å². The van der Waals surface area contributed by atoms with Gasteiger partial charge in [-0.25, -0.2) is 9.97 Å². The fourth-order valence-electron chi connectivity index (χ4n) is 2.09. The van der Waals surface area contributed by atoms with Crippen LogP contribution in [0.1, 0.15) is 0 Å². The van der Waals surface area contributed by atoms with Gasteiger partial charge in [-0.3, -0.25) is 0 Å². The highest BCUT2D eigenvalue weighted by Gasteiger charge is 2.10. The summed E-state index contributed by atoms with van der Waals surface area (Å²) in [6.07, 6.45) is -0.688. The summed E-state index contributed by atoms with van der Waals surface area (Å²) in [5.74, 6) is 0. The van der Waals surface area contributed by atoms with E-state index in [0.29, 0.717) is 11.2 Å². The monoisotopic (exact) mass is 236 g/mol. The minimum atomic E-state index is -0.688. The van der Waals surface area contributed by atoms with Crippen LogP contribution in [0, 0.1) is 6.08 Å². The Bertz CT molecular complexity index is 728. The van der Waals surface area contributed by atoms with Gasteiger partial charge in [-0.05, 0) is 11.6 Å². The van der Waals surface area contributed by atoms with Crippen molar-refractivity contribution in [2.75, 3.05) is 0 Å². The number of fused-ring (bicyclic) bond motifs is 1. The first kappa shape index (κ1) is 10.9. The van der Waals surface area contributed by atoms with Crippen molar-refractivity contribution in [2.24, 2.45) is 0 Å². The van der Waals surface area contributed by atoms with E-state index in [9.17, 15) is 4.39 Å². The molecular weight excluding hydrogens is 226 g/mol. The largest absolute Gasteiger partial charge is 0.309 e. The molecule has 4 heteroatoms. The quantitative estimate of drug-likeness (QED) is 0.474. The lowest BCUT2D eigenvalue weighted by Crippen LogP contribution is -2.08. The fourth-order valence-corrected chi connectivity index (χ4v) is 2.09. The highest BCUT2D eigenvalue weighted by molar-refractivity contribution is 6.36. The third-order valence-corrected chi connectivity index (χ3v) is 2.98. The molecule has 3 aromatic rings. The Morgan fingerprint density at radius 3 is 2.44 bits per heavy atom. The van der Waals surface area contributed by atoms with Crippen LogP contribution in [0.25, 0.3) is 22.2 Å². The highest BCUT2D eigenvalue weighted by Crippen LogP contribution is 2.24. The highest BCUT2D eigenvalue weighted by atomic mass is 19.1. The van der Waals surface area contributed by atoms with Crippen LogP contribution < -0.4 is 5.46 Å². The second-order valence-electron chi connectivity index (χ2n) is 4.17. The Morgan fingerprint density at radius 1 is 0.889 bits per heavy atom. The summed E-state index contributed by atoms with van der Waals surface area (Å²) in [6, 6.07) is 15.3. The molecule has 0 amide bonds. The van der Waals surface area contributed by atoms with Crippen molar-refractivity contribution in [1.29, 1.82) is 0 Å². The molecule has 1 heterocycles. The maximum atomic E-state index is 13.5. The topological polar surface area (TPSA) is 25.8 Å². The minimum absolute atomic E-state index is 0.628. The first-order chi connectivity index (χ1) is 8.75. The summed E-state index contributed by atoms with van der Waals surface area (Å²) in [5, 5.41) is 0.869. The van der Waals surface area contributed by atoms with E-state index in [2.05, 4.69) is 9.97 Å². The average Bonchev–Trinajstić information content (AvgIpc) is 2.38. The SMILES string of the molecule is Bc1ccccc1-c1nc(F)nc2ccccc12. The molecule has 0 bridgehead atoms. The number of aromatic nitrogens is 2. The number of benzene rings is 2. The molecule has 0 aliphatic rings. The van der Waals surface area contributed by atoms with Gasteiger partial charge < -0.3 is 0 Å². The first-order valence-electron chi connectivity index (χ1n) is 5.74. The van der Waals surface area contributed by atoms with E-state index in [0.717, 1.165) is 16.4 Å². The van der Waals surface area contributed by atoms with Crippen molar-refractivity contribution in [3.05, 3.63) is 54.6 Å². The van der Waals surface area contributed by atoms with E-state index >= 15 is 0 Å². The van der Waals surface area contributed by atoms with Crippen LogP contribution in [-0.4, -0.2) is 17.8 Å². The van der Waals surface area contributed by atoms with Crippen molar-refractivity contribution in [3.8, 4) is 11.3 Å². The molecule has 0 fully saturated rings. The summed E-state index contributed by atoms with van der Waals surface area (Å²) >= 11 is 0. The van der Waals surface area contributed by atoms with Crippen LogP contribution >= 0.6 is 0 Å². The lowest BCUT2D eigenvalue weighted by Gasteiger charge is -2.08. The summed E-state index contributed by atoms with van der Waals surface area (Å²) < 4.78 is 13.5. The van der Waals surface area contributed by atoms with E-state index in [1.165, 1.54) is 0 Å². The molecule has 2 aromatic carbocycles. The molecule has 0 aliphatic carbocycles. The van der Waals surface area contributed by atoms with Crippen molar-refractivity contribution in [2.45, 2.75) is 0 Å². The van der Waals surface area contributed by atoms with Crippen molar-refractivity contribution < 1.29 is 4.39 Å². The molecule has 0 saturated carbocycles. The van der Waals surface area contributed by atoms with Crippen molar-refractivity contribution in [3.63, 3.8) is 0 Å². The van der Waals surface area contributed by atoms with Gasteiger partial charge in [0.15, 0.2) is 0 Å². The zero-order valence-corrected chi connectivity index (χ0v) is 9.89. The van der Waals surface area contributed by atoms with Gasteiger partial charge in [0.1, 0.15) is 7.85 Å². The van der Waals surface area contributed by atoms with E-state index in [1.807, 2.05) is 50.3 Å². The normalized spacial score (nSPS) is 10.7. The zero-order chi connectivity index (χ0) is 12.5. The smallest absolute Gasteiger partial charge is 0.202 e. The lowest BCUT2D eigenvalue weighted by molar-refractivity contribution is 0.546. The molecule has 0 radical (unpaired) electrons. The Labute approximate surface area is 105 Å². The molecule has 2 nitrogen and oxygen atoms in total. The van der Waals surface area contributed by atoms with Gasteiger partial charge in [0, 0.05) is 5.39 Å². The van der Waals surface area contributed by atoms with Gasteiger partial charge in [-0.2, -0.15) is 4.39 Å². The van der Waals surface area contributed by atoms with Crippen molar-refractivity contribution >= 4 is 24.2 Å². The average molecular weight is 236 g/mol. The summed E-state index contributed by atoms with van der Waals surface area (Å²) in [7, 11) is 1.99. The lowest BCUT2D eigenvalue weighted by atomic mass is 9.88. The Kier molecular flexibility index (Phi) is 2.56. The standard InChI is InChI=1S/C14H10BFN2/c15-11-7-3-1-5-9(11)13-10-6-2-4-8-12(10)17-14(16)18-13/h1-8H,15H2. The van der Waals surface area contributed by atoms with E-state index in [4.69, 9.17) is 0 Å². The third-order valence-electron chi connectivity index (χ3n) is 2.98. The molecule has 3 rings (SSSR count). The predicted molar refractivity (Wildman–Crippen MR) is 73.1 cm³/mol. The summed E-state index contributed by atoms with van der Waals surface area (Å²) in [4.78, 5) is 7.77. The number of halogens is 1. The molecule has 86 valence electrons. The number of nitrogens with zero attached hydrogens (tertiary/aromatic N) is 2. The second-order valence-corrected chi connectivity index (χ2v) is 4.17. The summed E-state index contributed by atoms with van der Waals surface area (Å²) in [6.45, 7) is 0. The number of hydrogen-bond acceptors (Lipinski definition) is 2. The molecule has 0 aliphatic heterocycles. The first-order valence-corrected chi connectivity index (χ1v) is 5.74. The van der Waals surface area contributed by atoms with Crippen molar-refractivity contribution in [1.82, 2.24) is 9.97 Å². The molecular formula is C14H10BFN2. The van der Waals surface area contributed by atoms with Crippen LogP contribution in [0.4, 0.5) is 4.39 Å². The molecule has 0 saturated heterocycles. The number of rotatable bonds is 1. The zero-order valence-electron chi connectivity index (χ0n) is 9.89. The molecule has 0 spiro atoms.